The minimum Gasteiger partial charge on any atom is -0.336 e. The number of carbonyl (C=O) groups excluding carboxylic acids is 1. The third kappa shape index (κ3) is 3.55. The number of amides is 1. The van der Waals surface area contributed by atoms with Gasteiger partial charge in [0, 0.05) is 31.7 Å². The molecule has 7 heteroatoms. The predicted molar refractivity (Wildman–Crippen MR) is 87.1 cm³/mol. The Balaban J connectivity index is 1.66. The second kappa shape index (κ2) is 5.87. The number of sulfonamides is 1. The van der Waals surface area contributed by atoms with Crippen LogP contribution in [0.5, 0.6) is 0 Å². The average Bonchev–Trinajstić information content (AvgIpc) is 2.74. The molecule has 0 saturated carbocycles. The van der Waals surface area contributed by atoms with Gasteiger partial charge in [0.2, 0.25) is 15.9 Å². The molecular formula is C16H23N3O3S. The summed E-state index contributed by atoms with van der Waals surface area (Å²) in [5, 5.41) is 0. The Labute approximate surface area is 137 Å². The molecule has 0 aliphatic carbocycles. The Morgan fingerprint density at radius 1 is 1.26 bits per heavy atom. The number of pyridine rings is 1. The molecule has 0 radical (unpaired) electrons. The van der Waals surface area contributed by atoms with Crippen molar-refractivity contribution in [2.75, 3.05) is 25.9 Å². The van der Waals surface area contributed by atoms with E-state index in [1.165, 1.54) is 10.6 Å². The fourth-order valence-electron chi connectivity index (χ4n) is 3.64. The second-order valence-electron chi connectivity index (χ2n) is 6.86. The summed E-state index contributed by atoms with van der Waals surface area (Å²) >= 11 is 0. The first kappa shape index (κ1) is 16.4. The van der Waals surface area contributed by atoms with E-state index in [4.69, 9.17) is 0 Å². The smallest absolute Gasteiger partial charge is 0.223 e. The lowest BCUT2D eigenvalue weighted by atomic mass is 9.78. The summed E-state index contributed by atoms with van der Waals surface area (Å²) in [5.41, 5.74) is 1.79. The van der Waals surface area contributed by atoms with E-state index in [0.717, 1.165) is 24.2 Å². The quantitative estimate of drug-likeness (QED) is 0.830. The molecular weight excluding hydrogens is 314 g/mol. The first-order valence-corrected chi connectivity index (χ1v) is 9.78. The van der Waals surface area contributed by atoms with E-state index in [2.05, 4.69) is 4.98 Å². The van der Waals surface area contributed by atoms with Crippen LogP contribution in [-0.4, -0.2) is 54.4 Å². The molecule has 1 amide bonds. The lowest BCUT2D eigenvalue weighted by Crippen LogP contribution is -2.43. The first-order valence-electron chi connectivity index (χ1n) is 7.93. The molecule has 2 aliphatic rings. The Morgan fingerprint density at radius 2 is 1.96 bits per heavy atom. The zero-order chi connectivity index (χ0) is 16.7. The Morgan fingerprint density at radius 3 is 2.57 bits per heavy atom. The largest absolute Gasteiger partial charge is 0.336 e. The van der Waals surface area contributed by atoms with Crippen molar-refractivity contribution in [2.24, 2.45) is 5.41 Å². The number of likely N-dealkylation sites (tertiary alicyclic amines) is 1. The number of aryl methyl sites for hydroxylation is 1. The molecule has 2 aliphatic heterocycles. The third-order valence-electron chi connectivity index (χ3n) is 4.96. The summed E-state index contributed by atoms with van der Waals surface area (Å²) in [4.78, 5) is 18.7. The van der Waals surface area contributed by atoms with Gasteiger partial charge in [0.1, 0.15) is 0 Å². The maximum atomic E-state index is 12.4. The van der Waals surface area contributed by atoms with E-state index in [0.29, 0.717) is 32.6 Å². The molecule has 0 atom stereocenters. The van der Waals surface area contributed by atoms with Crippen LogP contribution >= 0.6 is 0 Å². The van der Waals surface area contributed by atoms with Gasteiger partial charge in [-0.3, -0.25) is 9.78 Å². The molecule has 3 heterocycles. The highest BCUT2D eigenvalue weighted by Crippen LogP contribution is 2.41. The summed E-state index contributed by atoms with van der Waals surface area (Å²) < 4.78 is 24.8. The average molecular weight is 337 g/mol. The topological polar surface area (TPSA) is 70.6 Å². The van der Waals surface area contributed by atoms with Gasteiger partial charge in [0.05, 0.1) is 18.5 Å². The molecule has 6 nitrogen and oxygen atoms in total. The lowest BCUT2D eigenvalue weighted by Gasteiger charge is -2.37. The molecule has 126 valence electrons. The summed E-state index contributed by atoms with van der Waals surface area (Å²) in [7, 11) is -3.13. The minimum absolute atomic E-state index is 0.0674. The normalized spacial score (nSPS) is 22.0. The molecule has 2 saturated heterocycles. The maximum absolute atomic E-state index is 12.4. The van der Waals surface area contributed by atoms with Crippen molar-refractivity contribution in [1.29, 1.82) is 0 Å². The van der Waals surface area contributed by atoms with Gasteiger partial charge in [0.15, 0.2) is 0 Å². The van der Waals surface area contributed by atoms with Crippen LogP contribution in [-0.2, 0) is 21.4 Å². The van der Waals surface area contributed by atoms with Crippen molar-refractivity contribution in [3.8, 4) is 0 Å². The van der Waals surface area contributed by atoms with Crippen LogP contribution in [0, 0.1) is 12.3 Å². The molecule has 0 aromatic carbocycles. The molecule has 1 aromatic rings. The van der Waals surface area contributed by atoms with Crippen molar-refractivity contribution < 1.29 is 13.2 Å². The zero-order valence-electron chi connectivity index (χ0n) is 13.7. The maximum Gasteiger partial charge on any atom is 0.223 e. The number of hydrogen-bond acceptors (Lipinski definition) is 4. The third-order valence-corrected chi connectivity index (χ3v) is 6.26. The van der Waals surface area contributed by atoms with Crippen LogP contribution in [0.3, 0.4) is 0 Å². The number of carbonyl (C=O) groups is 1. The van der Waals surface area contributed by atoms with Crippen LogP contribution in [0.2, 0.25) is 0 Å². The predicted octanol–water partition coefficient (Wildman–Crippen LogP) is 1.16. The molecule has 0 N–H and O–H groups in total. The fourth-order valence-corrected chi connectivity index (χ4v) is 4.48. The second-order valence-corrected chi connectivity index (χ2v) is 8.84. The van der Waals surface area contributed by atoms with Crippen LogP contribution < -0.4 is 0 Å². The highest BCUT2D eigenvalue weighted by molar-refractivity contribution is 7.88. The molecule has 0 unspecified atom stereocenters. The van der Waals surface area contributed by atoms with E-state index in [9.17, 15) is 13.2 Å². The van der Waals surface area contributed by atoms with E-state index >= 15 is 0 Å². The van der Waals surface area contributed by atoms with E-state index < -0.39 is 10.0 Å². The van der Waals surface area contributed by atoms with Crippen LogP contribution in [0.4, 0.5) is 0 Å². The molecule has 3 rings (SSSR count). The molecule has 2 fully saturated rings. The number of rotatable bonds is 3. The van der Waals surface area contributed by atoms with Gasteiger partial charge in [-0.1, -0.05) is 6.07 Å². The fraction of sp³-hybridized carbons (Fsp3) is 0.625. The highest BCUT2D eigenvalue weighted by atomic mass is 32.2. The molecule has 1 aromatic heterocycles. The van der Waals surface area contributed by atoms with Crippen LogP contribution in [0.15, 0.2) is 18.2 Å². The van der Waals surface area contributed by atoms with Crippen LogP contribution in [0.1, 0.15) is 30.7 Å². The molecule has 0 bridgehead atoms. The van der Waals surface area contributed by atoms with Gasteiger partial charge >= 0.3 is 0 Å². The number of hydrogen-bond donors (Lipinski definition) is 0. The summed E-state index contributed by atoms with van der Waals surface area (Å²) in [6, 6.07) is 5.84. The van der Waals surface area contributed by atoms with Gasteiger partial charge in [-0.15, -0.1) is 0 Å². The van der Waals surface area contributed by atoms with Gasteiger partial charge in [0.25, 0.3) is 0 Å². The number of piperidine rings is 1. The Kier molecular flexibility index (Phi) is 4.18. The van der Waals surface area contributed by atoms with Crippen molar-refractivity contribution in [2.45, 2.75) is 32.7 Å². The van der Waals surface area contributed by atoms with E-state index in [-0.39, 0.29) is 11.3 Å². The SMILES string of the molecule is Cc1cccc(CN2CC3(CCN(S(C)(=O)=O)CC3)CC2=O)n1. The molecule has 1 spiro atoms. The van der Waals surface area contributed by atoms with Gasteiger partial charge in [-0.25, -0.2) is 12.7 Å². The van der Waals surface area contributed by atoms with Gasteiger partial charge in [-0.05, 0) is 37.3 Å². The van der Waals surface area contributed by atoms with Crippen molar-refractivity contribution in [3.05, 3.63) is 29.6 Å². The van der Waals surface area contributed by atoms with Gasteiger partial charge in [-0.2, -0.15) is 0 Å². The summed E-state index contributed by atoms with van der Waals surface area (Å²) in [6.45, 7) is 4.22. The minimum atomic E-state index is -3.13. The summed E-state index contributed by atoms with van der Waals surface area (Å²) in [5.74, 6) is 0.154. The van der Waals surface area contributed by atoms with E-state index in [1.54, 1.807) is 0 Å². The zero-order valence-corrected chi connectivity index (χ0v) is 14.5. The number of nitrogens with zero attached hydrogens (tertiary/aromatic N) is 3. The van der Waals surface area contributed by atoms with Crippen molar-refractivity contribution in [3.63, 3.8) is 0 Å². The first-order chi connectivity index (χ1) is 10.8. The van der Waals surface area contributed by atoms with Crippen molar-refractivity contribution >= 4 is 15.9 Å². The Hall–Kier alpha value is -1.47. The highest BCUT2D eigenvalue weighted by Gasteiger charge is 2.45. The van der Waals surface area contributed by atoms with E-state index in [1.807, 2.05) is 30.0 Å². The monoisotopic (exact) mass is 337 g/mol. The molecule has 23 heavy (non-hydrogen) atoms. The Bertz CT molecular complexity index is 709. The van der Waals surface area contributed by atoms with Gasteiger partial charge < -0.3 is 4.90 Å². The lowest BCUT2D eigenvalue weighted by molar-refractivity contribution is -0.128. The summed E-state index contributed by atoms with van der Waals surface area (Å²) in [6.07, 6.45) is 3.28. The standard InChI is InChI=1S/C16H23N3O3S/c1-13-4-3-5-14(17-13)11-18-12-16(10-15(18)20)6-8-19(9-7-16)23(2,21)22/h3-5H,6-12H2,1-2H3. The van der Waals surface area contributed by atoms with Crippen LogP contribution in [0.25, 0.3) is 0 Å². The van der Waals surface area contributed by atoms with Crippen molar-refractivity contribution in [1.82, 2.24) is 14.2 Å². The number of aromatic nitrogens is 1.